The number of nitrogens with one attached hydrogen (secondary N) is 1. The van der Waals surface area contributed by atoms with Gasteiger partial charge in [0, 0.05) is 6.61 Å². The van der Waals surface area contributed by atoms with Crippen LogP contribution in [-0.2, 0) is 16.1 Å². The molecule has 1 aromatic carbocycles. The quantitative estimate of drug-likeness (QED) is 0.428. The van der Waals surface area contributed by atoms with Crippen molar-refractivity contribution < 1.29 is 9.53 Å². The molecule has 1 aliphatic heterocycles. The first-order valence-electron chi connectivity index (χ1n) is 9.76. The molecule has 31 heavy (non-hydrogen) atoms. The molecule has 160 valence electrons. The van der Waals surface area contributed by atoms with Crippen LogP contribution >= 0.6 is 34.7 Å². The third kappa shape index (κ3) is 3.96. The second-order valence-corrected chi connectivity index (χ2v) is 9.39. The van der Waals surface area contributed by atoms with Gasteiger partial charge in [-0.05, 0) is 36.4 Å². The van der Waals surface area contributed by atoms with Crippen molar-refractivity contribution in [2.45, 2.75) is 30.6 Å². The van der Waals surface area contributed by atoms with E-state index in [1.54, 1.807) is 28.8 Å². The van der Waals surface area contributed by atoms with Gasteiger partial charge in [0.2, 0.25) is 11.7 Å². The Morgan fingerprint density at radius 1 is 1.32 bits per heavy atom. The van der Waals surface area contributed by atoms with Gasteiger partial charge in [-0.2, -0.15) is 0 Å². The van der Waals surface area contributed by atoms with E-state index in [-0.39, 0.29) is 23.3 Å². The Labute approximate surface area is 190 Å². The first-order valence-corrected chi connectivity index (χ1v) is 12.0. The second-order valence-electron chi connectivity index (χ2n) is 7.12. The summed E-state index contributed by atoms with van der Waals surface area (Å²) < 4.78 is 9.83. The van der Waals surface area contributed by atoms with Crippen LogP contribution in [0.1, 0.15) is 12.8 Å². The number of nitrogens with zero attached hydrogens (tertiary/aromatic N) is 4. The Hall–Kier alpha value is -2.40. The highest BCUT2D eigenvalue weighted by Gasteiger charge is 2.23. The third-order valence-electron chi connectivity index (χ3n) is 5.07. The van der Waals surface area contributed by atoms with E-state index in [1.165, 1.54) is 23.1 Å². The summed E-state index contributed by atoms with van der Waals surface area (Å²) in [5.74, 6) is 0.382. The zero-order chi connectivity index (χ0) is 21.4. The van der Waals surface area contributed by atoms with Crippen molar-refractivity contribution in [2.24, 2.45) is 0 Å². The molecule has 4 heterocycles. The van der Waals surface area contributed by atoms with Crippen LogP contribution in [0.15, 0.2) is 45.7 Å². The Bertz CT molecular complexity index is 1330. The van der Waals surface area contributed by atoms with Crippen LogP contribution in [0.5, 0.6) is 0 Å². The SMILES string of the molecule is O=C(CSc1nnc2n(CC3CCCO3)c(=O)c3sccc3n12)Nc1ccccc1Cl. The lowest BCUT2D eigenvalue weighted by Gasteiger charge is -2.13. The monoisotopic (exact) mass is 475 g/mol. The van der Waals surface area contributed by atoms with E-state index >= 15 is 0 Å². The average Bonchev–Trinajstić information content (AvgIpc) is 3.51. The summed E-state index contributed by atoms with van der Waals surface area (Å²) in [5.41, 5.74) is 1.22. The minimum Gasteiger partial charge on any atom is -0.376 e. The molecular weight excluding hydrogens is 458 g/mol. The van der Waals surface area contributed by atoms with E-state index in [0.29, 0.717) is 39.5 Å². The van der Waals surface area contributed by atoms with Crippen molar-refractivity contribution in [3.63, 3.8) is 0 Å². The summed E-state index contributed by atoms with van der Waals surface area (Å²) in [5, 5.41) is 14.3. The number of fused-ring (bicyclic) bond motifs is 3. The van der Waals surface area contributed by atoms with Crippen molar-refractivity contribution in [2.75, 3.05) is 17.7 Å². The molecule has 1 N–H and O–H groups in total. The van der Waals surface area contributed by atoms with Crippen molar-refractivity contribution >= 4 is 62.3 Å². The van der Waals surface area contributed by atoms with Crippen LogP contribution in [0.2, 0.25) is 5.02 Å². The Morgan fingerprint density at radius 2 is 2.19 bits per heavy atom. The Morgan fingerprint density at radius 3 is 3.00 bits per heavy atom. The first kappa shape index (κ1) is 20.5. The number of rotatable bonds is 6. The normalized spacial score (nSPS) is 16.4. The van der Waals surface area contributed by atoms with Gasteiger partial charge in [0.25, 0.3) is 5.56 Å². The van der Waals surface area contributed by atoms with Gasteiger partial charge in [0.1, 0.15) is 4.70 Å². The summed E-state index contributed by atoms with van der Waals surface area (Å²) in [6, 6.07) is 8.95. The summed E-state index contributed by atoms with van der Waals surface area (Å²) in [4.78, 5) is 25.5. The van der Waals surface area contributed by atoms with E-state index in [4.69, 9.17) is 16.3 Å². The number of thioether (sulfide) groups is 1. The van der Waals surface area contributed by atoms with Gasteiger partial charge in [0.05, 0.1) is 34.6 Å². The molecule has 1 fully saturated rings. The molecule has 0 bridgehead atoms. The van der Waals surface area contributed by atoms with Crippen molar-refractivity contribution in [1.29, 1.82) is 0 Å². The highest BCUT2D eigenvalue weighted by Crippen LogP contribution is 2.26. The Balaban J connectivity index is 1.44. The zero-order valence-electron chi connectivity index (χ0n) is 16.3. The largest absolute Gasteiger partial charge is 0.376 e. The predicted octanol–water partition coefficient (Wildman–Crippen LogP) is 3.67. The number of benzene rings is 1. The van der Waals surface area contributed by atoms with E-state index in [2.05, 4.69) is 15.5 Å². The molecule has 1 saturated heterocycles. The van der Waals surface area contributed by atoms with E-state index in [1.807, 2.05) is 15.8 Å². The molecule has 8 nitrogen and oxygen atoms in total. The predicted molar refractivity (Wildman–Crippen MR) is 122 cm³/mol. The number of hydrogen-bond acceptors (Lipinski definition) is 7. The van der Waals surface area contributed by atoms with Crippen molar-refractivity contribution in [1.82, 2.24) is 19.2 Å². The van der Waals surface area contributed by atoms with E-state index < -0.39 is 0 Å². The molecule has 0 aliphatic carbocycles. The lowest BCUT2D eigenvalue weighted by molar-refractivity contribution is -0.113. The average molecular weight is 476 g/mol. The van der Waals surface area contributed by atoms with Crippen molar-refractivity contribution in [3.8, 4) is 0 Å². The molecule has 3 aromatic heterocycles. The lowest BCUT2D eigenvalue weighted by atomic mass is 10.2. The minimum atomic E-state index is -0.205. The Kier molecular flexibility index (Phi) is 5.70. The fourth-order valence-corrected chi connectivity index (χ4v) is 5.38. The third-order valence-corrected chi connectivity index (χ3v) is 7.22. The number of thiophene rings is 1. The molecular formula is C20H18ClN5O3S2. The topological polar surface area (TPSA) is 90.5 Å². The highest BCUT2D eigenvalue weighted by atomic mass is 35.5. The molecule has 0 spiro atoms. The molecule has 0 saturated carbocycles. The molecule has 0 radical (unpaired) electrons. The van der Waals surface area contributed by atoms with Gasteiger partial charge in [-0.15, -0.1) is 21.5 Å². The number of aromatic nitrogens is 4. The fraction of sp³-hybridized carbons (Fsp3) is 0.300. The van der Waals surface area contributed by atoms with Crippen LogP contribution in [0.4, 0.5) is 5.69 Å². The zero-order valence-corrected chi connectivity index (χ0v) is 18.7. The van der Waals surface area contributed by atoms with Gasteiger partial charge in [0.15, 0.2) is 5.16 Å². The van der Waals surface area contributed by atoms with Gasteiger partial charge < -0.3 is 10.1 Å². The van der Waals surface area contributed by atoms with Crippen LogP contribution in [0.3, 0.4) is 0 Å². The first-order chi connectivity index (χ1) is 15.1. The van der Waals surface area contributed by atoms with Crippen LogP contribution < -0.4 is 10.9 Å². The maximum Gasteiger partial charge on any atom is 0.272 e. The van der Waals surface area contributed by atoms with Crippen LogP contribution in [0.25, 0.3) is 16.0 Å². The van der Waals surface area contributed by atoms with Crippen molar-refractivity contribution in [3.05, 3.63) is 51.1 Å². The van der Waals surface area contributed by atoms with Gasteiger partial charge in [-0.3, -0.25) is 18.6 Å². The van der Waals surface area contributed by atoms with E-state index in [0.717, 1.165) is 18.4 Å². The molecule has 1 atom stereocenters. The number of para-hydroxylation sites is 1. The van der Waals surface area contributed by atoms with Gasteiger partial charge in [-0.1, -0.05) is 35.5 Å². The van der Waals surface area contributed by atoms with Crippen LogP contribution in [-0.4, -0.2) is 43.5 Å². The standard InChI is InChI=1S/C20H18ClN5O3S2/c21-13-5-1-2-6-14(13)22-16(27)11-31-20-24-23-19-25(10-12-4-3-8-29-12)18(28)17-15(26(19)20)7-9-30-17/h1-2,5-7,9,12H,3-4,8,10-11H2,(H,22,27). The molecule has 1 unspecified atom stereocenters. The number of ether oxygens (including phenoxy) is 1. The van der Waals surface area contributed by atoms with E-state index in [9.17, 15) is 9.59 Å². The van der Waals surface area contributed by atoms with Crippen LogP contribution in [0, 0.1) is 0 Å². The summed E-state index contributed by atoms with van der Waals surface area (Å²) in [6.45, 7) is 1.15. The molecule has 5 rings (SSSR count). The molecule has 4 aromatic rings. The second kappa shape index (κ2) is 8.62. The number of carbonyl (C=O) groups excluding carboxylic acids is 1. The smallest absolute Gasteiger partial charge is 0.272 e. The minimum absolute atomic E-state index is 0.00638. The lowest BCUT2D eigenvalue weighted by Crippen LogP contribution is -2.28. The highest BCUT2D eigenvalue weighted by molar-refractivity contribution is 7.99. The summed E-state index contributed by atoms with van der Waals surface area (Å²) in [6.07, 6.45) is 1.90. The number of hydrogen-bond donors (Lipinski definition) is 1. The number of carbonyl (C=O) groups is 1. The number of halogens is 1. The fourth-order valence-electron chi connectivity index (χ4n) is 3.63. The summed E-state index contributed by atoms with van der Waals surface area (Å²) in [7, 11) is 0. The maximum atomic E-state index is 13.1. The molecule has 1 aliphatic rings. The van der Waals surface area contributed by atoms with Gasteiger partial charge >= 0.3 is 0 Å². The number of amides is 1. The summed E-state index contributed by atoms with van der Waals surface area (Å²) >= 11 is 8.76. The van der Waals surface area contributed by atoms with Gasteiger partial charge in [-0.25, -0.2) is 0 Å². The molecule has 11 heteroatoms. The maximum absolute atomic E-state index is 13.1. The number of anilines is 1. The molecule has 1 amide bonds.